The van der Waals surface area contributed by atoms with Gasteiger partial charge in [0.1, 0.15) is 0 Å². The van der Waals surface area contributed by atoms with Crippen LogP contribution in [0.5, 0.6) is 0 Å². The van der Waals surface area contributed by atoms with Crippen LogP contribution in [0.1, 0.15) is 34.6 Å². The second-order valence-electron chi connectivity index (χ2n) is 9.48. The molecule has 152 valence electrons. The molecule has 6 heteroatoms. The second kappa shape index (κ2) is 9.49. The molecule has 0 bridgehead atoms. The van der Waals surface area contributed by atoms with E-state index in [-0.39, 0.29) is 16.7 Å². The fourth-order valence-corrected chi connectivity index (χ4v) is 4.14. The number of morpholine rings is 2. The molecule has 2 saturated heterocycles. The molecule has 0 N–H and O–H groups in total. The summed E-state index contributed by atoms with van der Waals surface area (Å²) in [4.78, 5) is 19.3. The number of amides is 1. The molecule has 0 aromatic heterocycles. The summed E-state index contributed by atoms with van der Waals surface area (Å²) in [7, 11) is 0. The van der Waals surface area contributed by atoms with Gasteiger partial charge in [-0.05, 0) is 10.8 Å². The molecule has 6 nitrogen and oxygen atoms in total. The summed E-state index contributed by atoms with van der Waals surface area (Å²) in [5.41, 5.74) is 0.135. The van der Waals surface area contributed by atoms with Crippen LogP contribution < -0.4 is 0 Å². The van der Waals surface area contributed by atoms with E-state index in [2.05, 4.69) is 42.4 Å². The highest BCUT2D eigenvalue weighted by Crippen LogP contribution is 2.25. The molecule has 26 heavy (non-hydrogen) atoms. The Kier molecular flexibility index (Phi) is 7.89. The highest BCUT2D eigenvalue weighted by molar-refractivity contribution is 5.73. The number of hydrogen-bond acceptors (Lipinski definition) is 5. The predicted octanol–water partition coefficient (Wildman–Crippen LogP) is 1.55. The van der Waals surface area contributed by atoms with Crippen molar-refractivity contribution in [3.63, 3.8) is 0 Å². The Morgan fingerprint density at radius 1 is 0.808 bits per heavy atom. The molecule has 2 heterocycles. The number of rotatable bonds is 8. The molecule has 0 spiro atoms. The van der Waals surface area contributed by atoms with E-state index in [1.807, 2.05) is 0 Å². The topological polar surface area (TPSA) is 45.2 Å². The molecule has 0 radical (unpaired) electrons. The van der Waals surface area contributed by atoms with Gasteiger partial charge < -0.3 is 14.4 Å². The maximum Gasteiger partial charge on any atom is 0.219 e. The van der Waals surface area contributed by atoms with Gasteiger partial charge in [0.25, 0.3) is 0 Å². The van der Waals surface area contributed by atoms with Crippen molar-refractivity contribution in [3.05, 3.63) is 0 Å². The summed E-state index contributed by atoms with van der Waals surface area (Å²) in [5, 5.41) is 0. The van der Waals surface area contributed by atoms with Crippen LogP contribution in [0.4, 0.5) is 0 Å². The van der Waals surface area contributed by atoms with Crippen LogP contribution in [0.2, 0.25) is 0 Å². The lowest BCUT2D eigenvalue weighted by Gasteiger charge is -2.41. The minimum Gasteiger partial charge on any atom is -0.379 e. The summed E-state index contributed by atoms with van der Waals surface area (Å²) in [6.45, 7) is 21.6. The van der Waals surface area contributed by atoms with Gasteiger partial charge in [0, 0.05) is 59.3 Å². The Morgan fingerprint density at radius 2 is 1.15 bits per heavy atom. The van der Waals surface area contributed by atoms with Crippen LogP contribution in [-0.4, -0.2) is 99.4 Å². The SMILES string of the molecule is CC(=O)N(CC(C)(C)CN1CCOCC1)CC(C)(C)CN1CCOCC1. The molecule has 2 rings (SSSR count). The van der Waals surface area contributed by atoms with Gasteiger partial charge in [0.15, 0.2) is 0 Å². The molecule has 2 fully saturated rings. The summed E-state index contributed by atoms with van der Waals surface area (Å²) < 4.78 is 10.9. The maximum absolute atomic E-state index is 12.3. The smallest absolute Gasteiger partial charge is 0.219 e. The van der Waals surface area contributed by atoms with E-state index in [1.165, 1.54) is 0 Å². The molecule has 1 amide bonds. The summed E-state index contributed by atoms with van der Waals surface area (Å²) in [6, 6.07) is 0. The van der Waals surface area contributed by atoms with Gasteiger partial charge in [0.05, 0.1) is 26.4 Å². The Balaban J connectivity index is 1.90. The quantitative estimate of drug-likeness (QED) is 0.650. The number of hydrogen-bond donors (Lipinski definition) is 0. The van der Waals surface area contributed by atoms with Crippen LogP contribution >= 0.6 is 0 Å². The number of nitrogens with zero attached hydrogens (tertiary/aromatic N) is 3. The molecule has 2 aliphatic rings. The first-order valence-corrected chi connectivity index (χ1v) is 10.0. The molecular weight excluding hydrogens is 330 g/mol. The zero-order chi connectivity index (χ0) is 19.2. The lowest BCUT2D eigenvalue weighted by molar-refractivity contribution is -0.132. The first-order chi connectivity index (χ1) is 12.2. The molecule has 0 aromatic carbocycles. The Labute approximate surface area is 159 Å². The van der Waals surface area contributed by atoms with Gasteiger partial charge in [-0.2, -0.15) is 0 Å². The van der Waals surface area contributed by atoms with Crippen molar-refractivity contribution in [3.8, 4) is 0 Å². The third-order valence-electron chi connectivity index (χ3n) is 5.19. The van der Waals surface area contributed by atoms with Gasteiger partial charge in [-0.1, -0.05) is 27.7 Å². The number of carbonyl (C=O) groups is 1. The largest absolute Gasteiger partial charge is 0.379 e. The van der Waals surface area contributed by atoms with E-state index in [0.29, 0.717) is 0 Å². The van der Waals surface area contributed by atoms with Gasteiger partial charge in [-0.25, -0.2) is 0 Å². The third-order valence-corrected chi connectivity index (χ3v) is 5.19. The molecule has 0 atom stereocenters. The van der Waals surface area contributed by atoms with E-state index in [9.17, 15) is 4.79 Å². The third kappa shape index (κ3) is 7.51. The van der Waals surface area contributed by atoms with Crippen molar-refractivity contribution in [1.82, 2.24) is 14.7 Å². The van der Waals surface area contributed by atoms with Crippen molar-refractivity contribution in [1.29, 1.82) is 0 Å². The van der Waals surface area contributed by atoms with Gasteiger partial charge >= 0.3 is 0 Å². The van der Waals surface area contributed by atoms with Crippen molar-refractivity contribution in [2.75, 3.05) is 78.8 Å². The van der Waals surface area contributed by atoms with Gasteiger partial charge in [-0.15, -0.1) is 0 Å². The van der Waals surface area contributed by atoms with Crippen molar-refractivity contribution in [2.24, 2.45) is 10.8 Å². The van der Waals surface area contributed by atoms with E-state index in [0.717, 1.165) is 78.8 Å². The van der Waals surface area contributed by atoms with Crippen molar-refractivity contribution < 1.29 is 14.3 Å². The standard InChI is InChI=1S/C20H39N3O3/c1-18(24)23(16-19(2,3)14-21-6-10-25-11-7-21)17-20(4,5)15-22-8-12-26-13-9-22/h6-17H2,1-5H3. The first kappa shape index (κ1) is 21.6. The van der Waals surface area contributed by atoms with Crippen LogP contribution in [0.3, 0.4) is 0 Å². The number of carbonyl (C=O) groups excluding carboxylic acids is 1. The average Bonchev–Trinajstić information content (AvgIpc) is 2.54. The van der Waals surface area contributed by atoms with E-state index >= 15 is 0 Å². The van der Waals surface area contributed by atoms with Crippen LogP contribution in [0, 0.1) is 10.8 Å². The molecule has 2 aliphatic heterocycles. The monoisotopic (exact) mass is 369 g/mol. The van der Waals surface area contributed by atoms with E-state index in [1.54, 1.807) is 6.92 Å². The van der Waals surface area contributed by atoms with Gasteiger partial charge in [0.2, 0.25) is 5.91 Å². The zero-order valence-electron chi connectivity index (χ0n) is 17.6. The molecular formula is C20H39N3O3. The molecule has 0 saturated carbocycles. The minimum absolute atomic E-state index is 0.0675. The van der Waals surface area contributed by atoms with Gasteiger partial charge in [-0.3, -0.25) is 14.6 Å². The number of ether oxygens (including phenoxy) is 2. The van der Waals surface area contributed by atoms with Crippen molar-refractivity contribution in [2.45, 2.75) is 34.6 Å². The van der Waals surface area contributed by atoms with Crippen LogP contribution in [0.25, 0.3) is 0 Å². The van der Waals surface area contributed by atoms with Crippen LogP contribution in [-0.2, 0) is 14.3 Å². The highest BCUT2D eigenvalue weighted by Gasteiger charge is 2.31. The van der Waals surface area contributed by atoms with Crippen molar-refractivity contribution >= 4 is 5.91 Å². The predicted molar refractivity (Wildman–Crippen MR) is 104 cm³/mol. The summed E-state index contributed by atoms with van der Waals surface area (Å²) >= 11 is 0. The molecule has 0 aliphatic carbocycles. The summed E-state index contributed by atoms with van der Waals surface area (Å²) in [6.07, 6.45) is 0. The normalized spacial score (nSPS) is 21.0. The average molecular weight is 370 g/mol. The fraction of sp³-hybridized carbons (Fsp3) is 0.950. The Hall–Kier alpha value is -0.690. The summed E-state index contributed by atoms with van der Waals surface area (Å²) in [5.74, 6) is 0.176. The fourth-order valence-electron chi connectivity index (χ4n) is 4.14. The first-order valence-electron chi connectivity index (χ1n) is 10.0. The lowest BCUT2D eigenvalue weighted by atomic mass is 9.88. The van der Waals surface area contributed by atoms with Crippen LogP contribution in [0.15, 0.2) is 0 Å². The minimum atomic E-state index is 0.0675. The molecule has 0 unspecified atom stereocenters. The zero-order valence-corrected chi connectivity index (χ0v) is 17.6. The Bertz CT molecular complexity index is 408. The van der Waals surface area contributed by atoms with E-state index in [4.69, 9.17) is 9.47 Å². The Morgan fingerprint density at radius 3 is 1.46 bits per heavy atom. The van der Waals surface area contributed by atoms with E-state index < -0.39 is 0 Å². The molecule has 0 aromatic rings. The highest BCUT2D eigenvalue weighted by atomic mass is 16.5. The maximum atomic E-state index is 12.3. The lowest BCUT2D eigenvalue weighted by Crippen LogP contribution is -2.51. The second-order valence-corrected chi connectivity index (χ2v) is 9.48.